The highest BCUT2D eigenvalue weighted by molar-refractivity contribution is 5.80. The van der Waals surface area contributed by atoms with E-state index < -0.39 is 5.97 Å². The fourth-order valence-electron chi connectivity index (χ4n) is 0.393. The average Bonchev–Trinajstić information content (AvgIpc) is 1.97. The third-order valence-electron chi connectivity index (χ3n) is 0.862. The topological polar surface area (TPSA) is 69.7 Å². The van der Waals surface area contributed by atoms with E-state index in [4.69, 9.17) is 0 Å². The normalized spacial score (nSPS) is 8.45. The lowest BCUT2D eigenvalue weighted by molar-refractivity contribution is -0.248. The molecule has 0 aliphatic carbocycles. The van der Waals surface area contributed by atoms with Gasteiger partial charge in [0.15, 0.2) is 0 Å². The number of ketones is 1. The summed E-state index contributed by atoms with van der Waals surface area (Å²) < 4.78 is 0. The minimum atomic E-state index is -0.729. The molecule has 0 rings (SSSR count). The molecule has 0 N–H and O–H groups in total. The molecule has 0 aromatic heterocycles. The van der Waals surface area contributed by atoms with E-state index in [-0.39, 0.29) is 25.1 Å². The Hall–Kier alpha value is -1.39. The summed E-state index contributed by atoms with van der Waals surface area (Å²) in [5, 5.41) is 0. The molecular weight excluding hydrogens is 152 g/mol. The summed E-state index contributed by atoms with van der Waals surface area (Å²) in [4.78, 5) is 37.8. The minimum absolute atomic E-state index is 0.00827. The maximum atomic E-state index is 10.4. The maximum Gasteiger partial charge on any atom is 0.356 e. The molecular formula is C6H8O5. The highest BCUT2D eigenvalue weighted by Crippen LogP contribution is 1.93. The summed E-state index contributed by atoms with van der Waals surface area (Å²) in [7, 11) is 0. The van der Waals surface area contributed by atoms with Crippen molar-refractivity contribution in [1.29, 1.82) is 0 Å². The van der Waals surface area contributed by atoms with Gasteiger partial charge in [0, 0.05) is 6.42 Å². The van der Waals surface area contributed by atoms with Crippen molar-refractivity contribution < 1.29 is 24.2 Å². The Morgan fingerprint density at radius 2 is 2.00 bits per heavy atom. The van der Waals surface area contributed by atoms with Crippen molar-refractivity contribution in [2.75, 3.05) is 0 Å². The SMILES string of the molecule is CC(=O)CCC(=O)OOC=O. The van der Waals surface area contributed by atoms with E-state index in [1.165, 1.54) is 6.92 Å². The molecule has 0 bridgehead atoms. The molecule has 5 heteroatoms. The van der Waals surface area contributed by atoms with Gasteiger partial charge in [-0.15, -0.1) is 0 Å². The van der Waals surface area contributed by atoms with E-state index in [9.17, 15) is 14.4 Å². The van der Waals surface area contributed by atoms with Crippen LogP contribution >= 0.6 is 0 Å². The predicted molar refractivity (Wildman–Crippen MR) is 33.2 cm³/mol. The van der Waals surface area contributed by atoms with Crippen molar-refractivity contribution >= 4 is 18.2 Å². The molecule has 0 saturated heterocycles. The van der Waals surface area contributed by atoms with Gasteiger partial charge in [0.1, 0.15) is 5.78 Å². The Morgan fingerprint density at radius 1 is 1.36 bits per heavy atom. The van der Waals surface area contributed by atoms with Crippen LogP contribution < -0.4 is 0 Å². The molecule has 0 aromatic carbocycles. The predicted octanol–water partition coefficient (Wildman–Crippen LogP) is -0.0132. The number of carbonyl (C=O) groups is 3. The molecule has 0 fully saturated rings. The first-order valence-corrected chi connectivity index (χ1v) is 2.96. The van der Waals surface area contributed by atoms with Crippen LogP contribution in [-0.2, 0) is 24.2 Å². The quantitative estimate of drug-likeness (QED) is 0.321. The van der Waals surface area contributed by atoms with Crippen molar-refractivity contribution in [3.8, 4) is 0 Å². The summed E-state index contributed by atoms with van der Waals surface area (Å²) in [6.45, 7) is 1.35. The van der Waals surface area contributed by atoms with Crippen LogP contribution in [0.15, 0.2) is 0 Å². The van der Waals surface area contributed by atoms with Gasteiger partial charge in [-0.05, 0) is 6.92 Å². The second-order valence-electron chi connectivity index (χ2n) is 1.85. The first kappa shape index (κ1) is 9.61. The fraction of sp³-hybridized carbons (Fsp3) is 0.500. The van der Waals surface area contributed by atoms with Gasteiger partial charge in [-0.2, -0.15) is 0 Å². The largest absolute Gasteiger partial charge is 0.356 e. The molecule has 0 atom stereocenters. The van der Waals surface area contributed by atoms with Crippen LogP contribution in [0.3, 0.4) is 0 Å². The van der Waals surface area contributed by atoms with Gasteiger partial charge in [0.2, 0.25) is 0 Å². The molecule has 0 radical (unpaired) electrons. The van der Waals surface area contributed by atoms with Crippen LogP contribution in [0.1, 0.15) is 19.8 Å². The Bertz CT molecular complexity index is 162. The number of Topliss-reactive ketones (excluding diaryl/α,β-unsaturated/α-hetero) is 1. The zero-order chi connectivity index (χ0) is 8.69. The Labute approximate surface area is 63.2 Å². The zero-order valence-electron chi connectivity index (χ0n) is 6.03. The molecule has 0 aromatic rings. The number of carbonyl (C=O) groups excluding carboxylic acids is 3. The average molecular weight is 160 g/mol. The lowest BCUT2D eigenvalue weighted by Crippen LogP contribution is -2.06. The van der Waals surface area contributed by atoms with Gasteiger partial charge in [-0.1, -0.05) is 0 Å². The van der Waals surface area contributed by atoms with E-state index in [1.807, 2.05) is 0 Å². The van der Waals surface area contributed by atoms with Crippen LogP contribution in [-0.4, -0.2) is 18.2 Å². The van der Waals surface area contributed by atoms with Gasteiger partial charge in [-0.3, -0.25) is 9.68 Å². The standard InChI is InChI=1S/C6H8O5/c1-5(8)2-3-6(9)11-10-4-7/h4H,2-3H2,1H3. The number of hydrogen-bond donors (Lipinski definition) is 0. The van der Waals surface area contributed by atoms with E-state index in [1.54, 1.807) is 0 Å². The molecule has 0 aliphatic rings. The Kier molecular flexibility index (Phi) is 4.72. The second kappa shape index (κ2) is 5.40. The number of rotatable bonds is 5. The molecule has 5 nitrogen and oxygen atoms in total. The first-order chi connectivity index (χ1) is 5.16. The highest BCUT2D eigenvalue weighted by Gasteiger charge is 2.05. The van der Waals surface area contributed by atoms with Crippen molar-refractivity contribution in [1.82, 2.24) is 0 Å². The van der Waals surface area contributed by atoms with E-state index in [2.05, 4.69) is 9.78 Å². The summed E-state index contributed by atoms with van der Waals surface area (Å²) in [5.74, 6) is -0.847. The first-order valence-electron chi connectivity index (χ1n) is 2.96. The Morgan fingerprint density at radius 3 is 2.45 bits per heavy atom. The molecule has 0 unspecified atom stereocenters. The van der Waals surface area contributed by atoms with Crippen LogP contribution in [0.2, 0.25) is 0 Å². The maximum absolute atomic E-state index is 10.4. The van der Waals surface area contributed by atoms with Crippen LogP contribution in [0.5, 0.6) is 0 Å². The summed E-state index contributed by atoms with van der Waals surface area (Å²) >= 11 is 0. The van der Waals surface area contributed by atoms with Crippen molar-refractivity contribution in [3.05, 3.63) is 0 Å². The smallest absolute Gasteiger partial charge is 0.300 e. The van der Waals surface area contributed by atoms with E-state index in [0.717, 1.165) is 0 Å². The summed E-state index contributed by atoms with van der Waals surface area (Å²) in [6, 6.07) is 0. The van der Waals surface area contributed by atoms with Crippen LogP contribution in [0, 0.1) is 0 Å². The van der Waals surface area contributed by atoms with Crippen LogP contribution in [0.4, 0.5) is 0 Å². The lowest BCUT2D eigenvalue weighted by atomic mass is 10.2. The summed E-state index contributed by atoms with van der Waals surface area (Å²) in [5.41, 5.74) is 0. The molecule has 0 spiro atoms. The number of hydrogen-bond acceptors (Lipinski definition) is 5. The third-order valence-corrected chi connectivity index (χ3v) is 0.862. The van der Waals surface area contributed by atoms with Gasteiger partial charge in [-0.25, -0.2) is 9.68 Å². The fourth-order valence-corrected chi connectivity index (χ4v) is 0.393. The Balaban J connectivity index is 3.37. The van der Waals surface area contributed by atoms with Gasteiger partial charge >= 0.3 is 12.4 Å². The monoisotopic (exact) mass is 160 g/mol. The van der Waals surface area contributed by atoms with Crippen molar-refractivity contribution in [3.63, 3.8) is 0 Å². The van der Waals surface area contributed by atoms with Gasteiger partial charge < -0.3 is 4.79 Å². The molecule has 11 heavy (non-hydrogen) atoms. The minimum Gasteiger partial charge on any atom is -0.300 e. The molecule has 0 heterocycles. The highest BCUT2D eigenvalue weighted by atomic mass is 17.2. The lowest BCUT2D eigenvalue weighted by Gasteiger charge is -1.95. The summed E-state index contributed by atoms with van der Waals surface area (Å²) in [6.07, 6.45) is 0.0320. The van der Waals surface area contributed by atoms with Gasteiger partial charge in [0.05, 0.1) is 6.42 Å². The van der Waals surface area contributed by atoms with E-state index >= 15 is 0 Å². The molecule has 0 amide bonds. The zero-order valence-corrected chi connectivity index (χ0v) is 6.03. The van der Waals surface area contributed by atoms with E-state index in [0.29, 0.717) is 0 Å². The van der Waals surface area contributed by atoms with Crippen molar-refractivity contribution in [2.24, 2.45) is 0 Å². The van der Waals surface area contributed by atoms with Gasteiger partial charge in [0.25, 0.3) is 0 Å². The molecule has 0 aliphatic heterocycles. The second-order valence-corrected chi connectivity index (χ2v) is 1.85. The molecule has 62 valence electrons. The molecule has 0 saturated carbocycles. The van der Waals surface area contributed by atoms with Crippen molar-refractivity contribution in [2.45, 2.75) is 19.8 Å². The third kappa shape index (κ3) is 6.50. The van der Waals surface area contributed by atoms with Crippen LogP contribution in [0.25, 0.3) is 0 Å².